The number of phenols is 10. The topological polar surface area (TPSA) is 202 Å². The molecule has 40 heavy (non-hydrogen) atoms. The van der Waals surface area contributed by atoms with Crippen molar-refractivity contribution in [1.82, 2.24) is 0 Å². The SMILES string of the molecule is CC(C)(c1ccc(O)c(O)c1O)c1ccc(O)c(O)c1O.CC(C)(c1ccc(O)cc1O)c1ccc(O)cc1O. The van der Waals surface area contributed by atoms with E-state index in [0.717, 1.165) is 0 Å². The Hall–Kier alpha value is -5.12. The highest BCUT2D eigenvalue weighted by atomic mass is 16.3. The molecule has 0 aliphatic rings. The van der Waals surface area contributed by atoms with E-state index in [0.29, 0.717) is 11.1 Å². The number of hydrogen-bond acceptors (Lipinski definition) is 10. The van der Waals surface area contributed by atoms with E-state index >= 15 is 0 Å². The van der Waals surface area contributed by atoms with Crippen LogP contribution in [0.4, 0.5) is 0 Å². The molecule has 0 aliphatic heterocycles. The third-order valence-corrected chi connectivity index (χ3v) is 6.92. The Balaban J connectivity index is 0.000000222. The Bertz CT molecular complexity index is 1440. The van der Waals surface area contributed by atoms with Gasteiger partial charge in [-0.1, -0.05) is 52.0 Å². The van der Waals surface area contributed by atoms with Crippen LogP contribution in [0.3, 0.4) is 0 Å². The van der Waals surface area contributed by atoms with Crippen LogP contribution in [0.15, 0.2) is 60.7 Å². The van der Waals surface area contributed by atoms with Crippen LogP contribution in [-0.2, 0) is 10.8 Å². The summed E-state index contributed by atoms with van der Waals surface area (Å²) in [6.07, 6.45) is 0. The van der Waals surface area contributed by atoms with Gasteiger partial charge in [0.1, 0.15) is 23.0 Å². The lowest BCUT2D eigenvalue weighted by Gasteiger charge is -2.28. The maximum absolute atomic E-state index is 9.99. The van der Waals surface area contributed by atoms with E-state index in [1.807, 2.05) is 13.8 Å². The fourth-order valence-corrected chi connectivity index (χ4v) is 4.53. The van der Waals surface area contributed by atoms with Gasteiger partial charge in [-0.05, 0) is 24.3 Å². The van der Waals surface area contributed by atoms with Crippen LogP contribution < -0.4 is 0 Å². The van der Waals surface area contributed by atoms with Crippen LogP contribution in [0.2, 0.25) is 0 Å². The Morgan fingerprint density at radius 3 is 0.975 bits per heavy atom. The highest BCUT2D eigenvalue weighted by Crippen LogP contribution is 2.49. The van der Waals surface area contributed by atoms with Crippen molar-refractivity contribution in [2.75, 3.05) is 0 Å². The quantitative estimate of drug-likeness (QED) is 0.152. The first kappa shape index (κ1) is 29.4. The van der Waals surface area contributed by atoms with E-state index in [-0.39, 0.29) is 34.1 Å². The van der Waals surface area contributed by atoms with Gasteiger partial charge >= 0.3 is 0 Å². The maximum atomic E-state index is 9.99. The Morgan fingerprint density at radius 2 is 0.650 bits per heavy atom. The van der Waals surface area contributed by atoms with Crippen molar-refractivity contribution in [3.63, 3.8) is 0 Å². The molecule has 10 nitrogen and oxygen atoms in total. The highest BCUT2D eigenvalue weighted by molar-refractivity contribution is 5.62. The third kappa shape index (κ3) is 5.37. The first-order chi connectivity index (χ1) is 18.5. The van der Waals surface area contributed by atoms with Crippen molar-refractivity contribution < 1.29 is 51.1 Å². The highest BCUT2D eigenvalue weighted by Gasteiger charge is 2.32. The van der Waals surface area contributed by atoms with Crippen LogP contribution >= 0.6 is 0 Å². The molecule has 0 amide bonds. The molecule has 10 heteroatoms. The van der Waals surface area contributed by atoms with Crippen molar-refractivity contribution >= 4 is 0 Å². The van der Waals surface area contributed by atoms with Crippen molar-refractivity contribution in [3.8, 4) is 57.5 Å². The van der Waals surface area contributed by atoms with Crippen molar-refractivity contribution in [2.24, 2.45) is 0 Å². The van der Waals surface area contributed by atoms with Crippen molar-refractivity contribution in [3.05, 3.63) is 82.9 Å². The van der Waals surface area contributed by atoms with Crippen molar-refractivity contribution in [2.45, 2.75) is 38.5 Å². The van der Waals surface area contributed by atoms with E-state index in [1.165, 1.54) is 48.5 Å². The summed E-state index contributed by atoms with van der Waals surface area (Å²) in [6.45, 7) is 6.96. The summed E-state index contributed by atoms with van der Waals surface area (Å²) in [5, 5.41) is 96.5. The second-order valence-corrected chi connectivity index (χ2v) is 10.3. The predicted octanol–water partition coefficient (Wildman–Crippen LogP) is 5.08. The fraction of sp³-hybridized carbons (Fsp3) is 0.200. The Morgan fingerprint density at radius 1 is 0.350 bits per heavy atom. The van der Waals surface area contributed by atoms with Gasteiger partial charge in [-0.2, -0.15) is 0 Å². The first-order valence-electron chi connectivity index (χ1n) is 12.0. The fourth-order valence-electron chi connectivity index (χ4n) is 4.53. The molecule has 0 fully saturated rings. The summed E-state index contributed by atoms with van der Waals surface area (Å²) >= 11 is 0. The summed E-state index contributed by atoms with van der Waals surface area (Å²) in [7, 11) is 0. The van der Waals surface area contributed by atoms with Gasteiger partial charge in [-0.15, -0.1) is 0 Å². The second kappa shape index (κ2) is 10.6. The van der Waals surface area contributed by atoms with Crippen LogP contribution in [0.1, 0.15) is 49.9 Å². The molecule has 0 saturated heterocycles. The van der Waals surface area contributed by atoms with Crippen LogP contribution in [0, 0.1) is 0 Å². The molecule has 0 saturated carbocycles. The van der Waals surface area contributed by atoms with E-state index < -0.39 is 45.3 Å². The smallest absolute Gasteiger partial charge is 0.200 e. The molecular weight excluding hydrogens is 520 g/mol. The van der Waals surface area contributed by atoms with Gasteiger partial charge in [0, 0.05) is 45.2 Å². The molecule has 0 atom stereocenters. The van der Waals surface area contributed by atoms with Gasteiger partial charge in [0.2, 0.25) is 11.5 Å². The lowest BCUT2D eigenvalue weighted by atomic mass is 9.77. The zero-order valence-corrected chi connectivity index (χ0v) is 22.2. The molecule has 212 valence electrons. The summed E-state index contributed by atoms with van der Waals surface area (Å²) < 4.78 is 0. The standard InChI is InChI=1S/C15H16O6.C15H16O4/c1-15(2,7-3-5-9(16)13(20)11(7)18)8-4-6-10(17)14(21)12(8)19;1-15(2,11-5-3-9(16)7-13(11)18)12-6-4-10(17)8-14(12)19/h3-6,16-21H,1-2H3;3-8,16-19H,1-2H3. The Kier molecular flexibility index (Phi) is 7.77. The molecule has 10 N–H and O–H groups in total. The molecule has 0 heterocycles. The summed E-state index contributed by atoms with van der Waals surface area (Å²) in [4.78, 5) is 0. The van der Waals surface area contributed by atoms with Crippen molar-refractivity contribution in [1.29, 1.82) is 0 Å². The van der Waals surface area contributed by atoms with Crippen LogP contribution in [0.25, 0.3) is 0 Å². The molecule has 0 bridgehead atoms. The molecule has 4 aromatic rings. The minimum Gasteiger partial charge on any atom is -0.508 e. The number of phenolic OH excluding ortho intramolecular Hbond substituents is 10. The van der Waals surface area contributed by atoms with Gasteiger partial charge in [0.05, 0.1) is 0 Å². The van der Waals surface area contributed by atoms with Gasteiger partial charge < -0.3 is 51.1 Å². The molecule has 0 spiro atoms. The molecule has 0 unspecified atom stereocenters. The van der Waals surface area contributed by atoms with Gasteiger partial charge in [0.25, 0.3) is 0 Å². The lowest BCUT2D eigenvalue weighted by molar-refractivity contribution is 0.352. The Labute approximate surface area is 230 Å². The molecule has 4 aromatic carbocycles. The maximum Gasteiger partial charge on any atom is 0.200 e. The molecular formula is C30H32O10. The summed E-state index contributed by atoms with van der Waals surface area (Å²) in [5.41, 5.74) is -0.0611. The summed E-state index contributed by atoms with van der Waals surface area (Å²) in [5.74, 6) is -3.44. The third-order valence-electron chi connectivity index (χ3n) is 6.92. The van der Waals surface area contributed by atoms with Gasteiger partial charge in [-0.25, -0.2) is 0 Å². The minimum absolute atomic E-state index is 0.0213. The normalized spacial score (nSPS) is 11.5. The van der Waals surface area contributed by atoms with E-state index in [1.54, 1.807) is 26.0 Å². The number of aromatic hydroxyl groups is 10. The predicted molar refractivity (Wildman–Crippen MR) is 147 cm³/mol. The summed E-state index contributed by atoms with van der Waals surface area (Å²) in [6, 6.07) is 13.9. The first-order valence-corrected chi connectivity index (χ1v) is 12.0. The monoisotopic (exact) mass is 552 g/mol. The number of benzene rings is 4. The van der Waals surface area contributed by atoms with Gasteiger partial charge in [-0.3, -0.25) is 0 Å². The second-order valence-electron chi connectivity index (χ2n) is 10.3. The molecule has 0 aliphatic carbocycles. The van der Waals surface area contributed by atoms with Gasteiger partial charge in [0.15, 0.2) is 23.0 Å². The number of rotatable bonds is 4. The van der Waals surface area contributed by atoms with Crippen LogP contribution in [-0.4, -0.2) is 51.1 Å². The van der Waals surface area contributed by atoms with E-state index in [2.05, 4.69) is 0 Å². The van der Waals surface area contributed by atoms with E-state index in [4.69, 9.17) is 0 Å². The molecule has 4 rings (SSSR count). The zero-order chi connectivity index (χ0) is 30.2. The zero-order valence-electron chi connectivity index (χ0n) is 22.2. The molecule has 0 aromatic heterocycles. The average molecular weight is 553 g/mol. The minimum atomic E-state index is -1.01. The number of hydrogen-bond donors (Lipinski definition) is 10. The largest absolute Gasteiger partial charge is 0.508 e. The van der Waals surface area contributed by atoms with E-state index in [9.17, 15) is 51.1 Å². The van der Waals surface area contributed by atoms with Crippen LogP contribution in [0.5, 0.6) is 57.5 Å². The average Bonchev–Trinajstić information content (AvgIpc) is 2.85. The lowest BCUT2D eigenvalue weighted by Crippen LogP contribution is -2.19. The molecule has 0 radical (unpaired) electrons.